The van der Waals surface area contributed by atoms with Crippen molar-refractivity contribution >= 4 is 22.6 Å². The summed E-state index contributed by atoms with van der Waals surface area (Å²) in [6.07, 6.45) is 2.70. The van der Waals surface area contributed by atoms with Crippen LogP contribution in [0.25, 0.3) is 10.9 Å². The van der Waals surface area contributed by atoms with Gasteiger partial charge in [0, 0.05) is 36.9 Å². The van der Waals surface area contributed by atoms with E-state index in [-0.39, 0.29) is 39.7 Å². The van der Waals surface area contributed by atoms with E-state index in [1.165, 1.54) is 17.7 Å². The van der Waals surface area contributed by atoms with Gasteiger partial charge >= 0.3 is 5.97 Å². The third-order valence-corrected chi connectivity index (χ3v) is 6.07. The van der Waals surface area contributed by atoms with Gasteiger partial charge in [-0.1, -0.05) is 13.8 Å². The predicted octanol–water partition coefficient (Wildman–Crippen LogP) is 2.79. The molecule has 2 aliphatic rings. The molecule has 1 atom stereocenters. The van der Waals surface area contributed by atoms with E-state index in [9.17, 15) is 14.7 Å². The molecule has 28 heavy (non-hydrogen) atoms. The van der Waals surface area contributed by atoms with Crippen LogP contribution in [0.4, 0.5) is 14.5 Å². The quantitative estimate of drug-likeness (QED) is 0.840. The minimum absolute atomic E-state index is 0.0234. The average molecular weight is 391 g/mol. The van der Waals surface area contributed by atoms with Gasteiger partial charge in [0.1, 0.15) is 11.3 Å². The lowest BCUT2D eigenvalue weighted by molar-refractivity contribution is 0.0695. The molecule has 1 saturated carbocycles. The van der Waals surface area contributed by atoms with Crippen LogP contribution in [-0.2, 0) is 0 Å². The zero-order valence-corrected chi connectivity index (χ0v) is 16.1. The summed E-state index contributed by atoms with van der Waals surface area (Å²) in [6, 6.07) is -0.340. The highest BCUT2D eigenvalue weighted by Crippen LogP contribution is 2.42. The summed E-state index contributed by atoms with van der Waals surface area (Å²) in [5, 5.41) is 9.17. The number of rotatable bonds is 3. The summed E-state index contributed by atoms with van der Waals surface area (Å²) in [6.45, 7) is 5.97. The summed E-state index contributed by atoms with van der Waals surface area (Å²) in [5.41, 5.74) is 4.25. The number of hydrogen-bond acceptors (Lipinski definition) is 4. The van der Waals surface area contributed by atoms with Crippen LogP contribution in [0.15, 0.2) is 11.0 Å². The smallest absolute Gasteiger partial charge is 0.341 e. The summed E-state index contributed by atoms with van der Waals surface area (Å²) < 4.78 is 32.4. The van der Waals surface area contributed by atoms with E-state index in [1.807, 2.05) is 13.8 Å². The van der Waals surface area contributed by atoms with Gasteiger partial charge in [-0.25, -0.2) is 13.6 Å². The topological polar surface area (TPSA) is 88.6 Å². The first-order chi connectivity index (χ1) is 13.0. The highest BCUT2D eigenvalue weighted by molar-refractivity contribution is 5.95. The number of benzene rings is 1. The van der Waals surface area contributed by atoms with Gasteiger partial charge in [-0.05, 0) is 25.2 Å². The van der Waals surface area contributed by atoms with Gasteiger partial charge in [0.2, 0.25) is 5.43 Å². The number of aryl methyl sites for hydroxylation is 1. The number of aromatic nitrogens is 1. The molecule has 4 rings (SSSR count). The Balaban J connectivity index is 2.06. The highest BCUT2D eigenvalue weighted by atomic mass is 19.1. The van der Waals surface area contributed by atoms with Gasteiger partial charge < -0.3 is 20.3 Å². The van der Waals surface area contributed by atoms with Gasteiger partial charge in [0.05, 0.1) is 10.9 Å². The second-order valence-corrected chi connectivity index (χ2v) is 8.62. The Bertz CT molecular complexity index is 1070. The lowest BCUT2D eigenvalue weighted by Gasteiger charge is -2.25. The van der Waals surface area contributed by atoms with Gasteiger partial charge in [-0.3, -0.25) is 4.79 Å². The summed E-state index contributed by atoms with van der Waals surface area (Å²) >= 11 is 0. The molecule has 8 heteroatoms. The van der Waals surface area contributed by atoms with Gasteiger partial charge in [0.15, 0.2) is 11.6 Å². The Morgan fingerprint density at radius 1 is 1.29 bits per heavy atom. The molecule has 2 fully saturated rings. The number of fused-ring (bicyclic) bond motifs is 1. The number of halogens is 2. The van der Waals surface area contributed by atoms with Crippen molar-refractivity contribution in [3.63, 3.8) is 0 Å². The van der Waals surface area contributed by atoms with Crippen molar-refractivity contribution in [2.45, 2.75) is 45.7 Å². The van der Waals surface area contributed by atoms with Crippen molar-refractivity contribution < 1.29 is 18.7 Å². The number of nitrogens with zero attached hydrogens (tertiary/aromatic N) is 2. The third-order valence-electron chi connectivity index (χ3n) is 6.07. The molecule has 1 unspecified atom stereocenters. The first-order valence-electron chi connectivity index (χ1n) is 9.34. The molecule has 1 aromatic heterocycles. The van der Waals surface area contributed by atoms with E-state index in [4.69, 9.17) is 5.73 Å². The molecule has 6 nitrogen and oxygen atoms in total. The van der Waals surface area contributed by atoms with E-state index in [0.717, 1.165) is 12.8 Å². The molecule has 150 valence electrons. The normalized spacial score (nSPS) is 21.5. The minimum Gasteiger partial charge on any atom is -0.477 e. The summed E-state index contributed by atoms with van der Waals surface area (Å²) in [4.78, 5) is 25.8. The number of nitrogens with two attached hydrogens (primary N) is 1. The number of aromatic carboxylic acids is 1. The molecule has 0 amide bonds. The monoisotopic (exact) mass is 391 g/mol. The number of anilines is 1. The fourth-order valence-corrected chi connectivity index (χ4v) is 4.10. The number of carboxylic acids is 1. The van der Waals surface area contributed by atoms with Gasteiger partial charge in [-0.2, -0.15) is 0 Å². The second-order valence-electron chi connectivity index (χ2n) is 8.62. The SMILES string of the molecule is Cc1c(F)c(N2CC(N)C(C)(C)C2)c(F)c2c1c(=O)c(C(=O)O)cn2C1CC1. The van der Waals surface area contributed by atoms with Crippen molar-refractivity contribution in [1.29, 1.82) is 0 Å². The van der Waals surface area contributed by atoms with Gasteiger partial charge in [-0.15, -0.1) is 0 Å². The van der Waals surface area contributed by atoms with E-state index >= 15 is 8.78 Å². The first kappa shape index (κ1) is 18.9. The largest absolute Gasteiger partial charge is 0.477 e. The Morgan fingerprint density at radius 2 is 1.93 bits per heavy atom. The molecule has 1 aliphatic heterocycles. The maximum Gasteiger partial charge on any atom is 0.341 e. The van der Waals surface area contributed by atoms with E-state index < -0.39 is 28.6 Å². The fourth-order valence-electron chi connectivity index (χ4n) is 4.10. The zero-order valence-electron chi connectivity index (χ0n) is 16.1. The molecule has 0 radical (unpaired) electrons. The van der Waals surface area contributed by atoms with Crippen LogP contribution < -0.4 is 16.1 Å². The molecule has 3 N–H and O–H groups in total. The van der Waals surface area contributed by atoms with E-state index in [2.05, 4.69) is 0 Å². The van der Waals surface area contributed by atoms with Crippen LogP contribution in [0.2, 0.25) is 0 Å². The summed E-state index contributed by atoms with van der Waals surface area (Å²) in [7, 11) is 0. The average Bonchev–Trinajstić information content (AvgIpc) is 3.39. The number of carboxylic acid groups (broad SMARTS) is 1. The predicted molar refractivity (Wildman–Crippen MR) is 102 cm³/mol. The number of carbonyl (C=O) groups is 1. The first-order valence-corrected chi connectivity index (χ1v) is 9.34. The van der Waals surface area contributed by atoms with Crippen molar-refractivity contribution in [3.8, 4) is 0 Å². The molecule has 1 aromatic carbocycles. The molecule has 1 aliphatic carbocycles. The van der Waals surface area contributed by atoms with Crippen LogP contribution in [0.5, 0.6) is 0 Å². The molecule has 0 spiro atoms. The minimum atomic E-state index is -1.40. The van der Waals surface area contributed by atoms with Crippen molar-refractivity contribution in [1.82, 2.24) is 4.57 Å². The van der Waals surface area contributed by atoms with Crippen molar-refractivity contribution in [3.05, 3.63) is 39.2 Å². The third kappa shape index (κ3) is 2.62. The van der Waals surface area contributed by atoms with Crippen LogP contribution >= 0.6 is 0 Å². The van der Waals surface area contributed by atoms with Gasteiger partial charge in [0.25, 0.3) is 0 Å². The number of pyridine rings is 1. The van der Waals surface area contributed by atoms with Crippen LogP contribution in [-0.4, -0.2) is 34.8 Å². The lowest BCUT2D eigenvalue weighted by atomic mass is 9.89. The Hall–Kier alpha value is -2.48. The fraction of sp³-hybridized carbons (Fsp3) is 0.500. The molecular weight excluding hydrogens is 368 g/mol. The zero-order chi connectivity index (χ0) is 20.5. The molecule has 0 bridgehead atoms. The van der Waals surface area contributed by atoms with E-state index in [0.29, 0.717) is 13.1 Å². The van der Waals surface area contributed by atoms with Crippen molar-refractivity contribution in [2.75, 3.05) is 18.0 Å². The summed E-state index contributed by atoms with van der Waals surface area (Å²) in [5.74, 6) is -3.07. The Morgan fingerprint density at radius 3 is 2.43 bits per heavy atom. The molecular formula is C20H23F2N3O3. The van der Waals surface area contributed by atoms with Crippen LogP contribution in [0, 0.1) is 24.0 Å². The second kappa shape index (κ2) is 6.01. The maximum absolute atomic E-state index is 15.7. The highest BCUT2D eigenvalue weighted by Gasteiger charge is 2.40. The van der Waals surface area contributed by atoms with Crippen molar-refractivity contribution in [2.24, 2.45) is 11.1 Å². The Kier molecular flexibility index (Phi) is 4.05. The van der Waals surface area contributed by atoms with Crippen LogP contribution in [0.1, 0.15) is 48.7 Å². The Labute approximate surface area is 160 Å². The lowest BCUT2D eigenvalue weighted by Crippen LogP contribution is -2.35. The number of hydrogen-bond donors (Lipinski definition) is 2. The van der Waals surface area contributed by atoms with Crippen LogP contribution in [0.3, 0.4) is 0 Å². The molecule has 2 heterocycles. The molecule has 1 saturated heterocycles. The molecule has 2 aromatic rings. The standard InChI is InChI=1S/C20H23F2N3O3/c1-9-13-16(25(10-4-5-10)6-11(18(13)26)19(27)28)15(22)17(14(9)21)24-7-12(23)20(2,3)8-24/h6,10,12H,4-5,7-8,23H2,1-3H3,(H,27,28). The maximum atomic E-state index is 15.7. The van der Waals surface area contributed by atoms with E-state index in [1.54, 1.807) is 4.90 Å².